The molecule has 0 saturated carbocycles. The fourth-order valence-corrected chi connectivity index (χ4v) is 4.14. The van der Waals surface area contributed by atoms with Gasteiger partial charge in [-0.1, -0.05) is 48.5 Å². The average Bonchev–Trinajstić information content (AvgIpc) is 3.10. The van der Waals surface area contributed by atoms with Gasteiger partial charge in [-0.25, -0.2) is 0 Å². The molecule has 0 bridgehead atoms. The zero-order valence-electron chi connectivity index (χ0n) is 13.8. The summed E-state index contributed by atoms with van der Waals surface area (Å²) in [4.78, 5) is 15.8. The maximum absolute atomic E-state index is 12.6. The third-order valence-corrected chi connectivity index (χ3v) is 5.69. The van der Waals surface area contributed by atoms with Crippen molar-refractivity contribution >= 4 is 17.7 Å². The topological polar surface area (TPSA) is 46.3 Å². The van der Waals surface area contributed by atoms with Crippen LogP contribution in [0.3, 0.4) is 0 Å². The molecule has 0 aliphatic carbocycles. The fraction of sp³-hybridized carbons (Fsp3) is 0.350. The van der Waals surface area contributed by atoms with Gasteiger partial charge < -0.3 is 10.6 Å². The van der Waals surface area contributed by atoms with Crippen molar-refractivity contribution in [1.29, 1.82) is 0 Å². The third kappa shape index (κ3) is 4.62. The average molecular weight is 340 g/mol. The van der Waals surface area contributed by atoms with Crippen LogP contribution in [0.5, 0.6) is 0 Å². The quantitative estimate of drug-likeness (QED) is 0.822. The summed E-state index contributed by atoms with van der Waals surface area (Å²) < 4.78 is 0. The van der Waals surface area contributed by atoms with Crippen LogP contribution >= 0.6 is 11.8 Å². The SMILES string of the molecule is N[C@H](Cc1ccccc1)C(=O)N1CC[C@H](CSc2ccccc2)C1. The third-order valence-electron chi connectivity index (χ3n) is 4.44. The Morgan fingerprint density at radius 3 is 2.50 bits per heavy atom. The normalized spacial score (nSPS) is 18.5. The van der Waals surface area contributed by atoms with Crippen LogP contribution in [0, 0.1) is 5.92 Å². The Kier molecular flexibility index (Phi) is 5.94. The summed E-state index contributed by atoms with van der Waals surface area (Å²) in [6.07, 6.45) is 1.68. The highest BCUT2D eigenvalue weighted by Gasteiger charge is 2.29. The molecule has 3 nitrogen and oxygen atoms in total. The second kappa shape index (κ2) is 8.36. The van der Waals surface area contributed by atoms with Gasteiger partial charge in [-0.15, -0.1) is 11.8 Å². The molecule has 1 fully saturated rings. The van der Waals surface area contributed by atoms with Crippen molar-refractivity contribution < 1.29 is 4.79 Å². The number of rotatable bonds is 6. The molecule has 0 radical (unpaired) electrons. The van der Waals surface area contributed by atoms with Gasteiger partial charge in [-0.2, -0.15) is 0 Å². The monoisotopic (exact) mass is 340 g/mol. The van der Waals surface area contributed by atoms with E-state index in [0.29, 0.717) is 12.3 Å². The second-order valence-corrected chi connectivity index (χ2v) is 7.45. The van der Waals surface area contributed by atoms with Gasteiger partial charge >= 0.3 is 0 Å². The maximum atomic E-state index is 12.6. The van der Waals surface area contributed by atoms with Crippen LogP contribution in [0.15, 0.2) is 65.6 Å². The van der Waals surface area contributed by atoms with Crippen LogP contribution < -0.4 is 5.73 Å². The van der Waals surface area contributed by atoms with Crippen molar-refractivity contribution in [3.8, 4) is 0 Å². The number of nitrogens with zero attached hydrogens (tertiary/aromatic N) is 1. The molecule has 2 N–H and O–H groups in total. The lowest BCUT2D eigenvalue weighted by Crippen LogP contribution is -2.44. The van der Waals surface area contributed by atoms with E-state index in [2.05, 4.69) is 24.3 Å². The van der Waals surface area contributed by atoms with Crippen LogP contribution in [0.1, 0.15) is 12.0 Å². The van der Waals surface area contributed by atoms with Crippen molar-refractivity contribution in [1.82, 2.24) is 4.90 Å². The summed E-state index contributed by atoms with van der Waals surface area (Å²) in [7, 11) is 0. The smallest absolute Gasteiger partial charge is 0.239 e. The van der Waals surface area contributed by atoms with E-state index in [0.717, 1.165) is 30.8 Å². The molecule has 1 aliphatic rings. The van der Waals surface area contributed by atoms with Gasteiger partial charge in [-0.05, 0) is 36.5 Å². The molecule has 1 heterocycles. The molecular weight excluding hydrogens is 316 g/mol. The fourth-order valence-electron chi connectivity index (χ4n) is 3.09. The number of benzene rings is 2. The van der Waals surface area contributed by atoms with Gasteiger partial charge in [0.1, 0.15) is 0 Å². The summed E-state index contributed by atoms with van der Waals surface area (Å²) in [5.74, 6) is 1.70. The Labute approximate surface area is 148 Å². The number of carbonyl (C=O) groups is 1. The maximum Gasteiger partial charge on any atom is 0.239 e. The molecule has 3 rings (SSSR count). The second-order valence-electron chi connectivity index (χ2n) is 6.36. The highest BCUT2D eigenvalue weighted by atomic mass is 32.2. The molecule has 4 heteroatoms. The first-order valence-electron chi connectivity index (χ1n) is 8.48. The molecule has 24 heavy (non-hydrogen) atoms. The summed E-state index contributed by atoms with van der Waals surface area (Å²) >= 11 is 1.87. The molecule has 0 spiro atoms. The van der Waals surface area contributed by atoms with Crippen molar-refractivity contribution in [3.63, 3.8) is 0 Å². The lowest BCUT2D eigenvalue weighted by Gasteiger charge is -2.21. The zero-order valence-corrected chi connectivity index (χ0v) is 14.6. The van der Waals surface area contributed by atoms with Crippen molar-refractivity contribution in [2.24, 2.45) is 11.7 Å². The first kappa shape index (κ1) is 17.1. The molecule has 1 aliphatic heterocycles. The van der Waals surface area contributed by atoms with E-state index in [1.165, 1.54) is 4.90 Å². The Hall–Kier alpha value is -1.78. The minimum absolute atomic E-state index is 0.0889. The number of thioether (sulfide) groups is 1. The minimum atomic E-state index is -0.437. The standard InChI is InChI=1S/C20H24N2OS/c21-19(13-16-7-3-1-4-8-16)20(23)22-12-11-17(14-22)15-24-18-9-5-2-6-10-18/h1-10,17,19H,11-15,21H2/t17-,19+/m0/s1. The first-order valence-corrected chi connectivity index (χ1v) is 9.47. The molecule has 0 unspecified atom stereocenters. The number of carbonyl (C=O) groups excluding carboxylic acids is 1. The summed E-state index contributed by atoms with van der Waals surface area (Å²) in [6, 6.07) is 20.0. The number of hydrogen-bond acceptors (Lipinski definition) is 3. The van der Waals surface area contributed by atoms with E-state index in [-0.39, 0.29) is 5.91 Å². The first-order chi connectivity index (χ1) is 11.7. The van der Waals surface area contributed by atoms with Gasteiger partial charge in [0.15, 0.2) is 0 Å². The molecule has 2 aromatic carbocycles. The minimum Gasteiger partial charge on any atom is -0.341 e. The molecule has 126 valence electrons. The van der Waals surface area contributed by atoms with Gasteiger partial charge in [-0.3, -0.25) is 4.79 Å². The lowest BCUT2D eigenvalue weighted by atomic mass is 10.1. The van der Waals surface area contributed by atoms with Gasteiger partial charge in [0.2, 0.25) is 5.91 Å². The van der Waals surface area contributed by atoms with Crippen LogP contribution in [0.2, 0.25) is 0 Å². The summed E-state index contributed by atoms with van der Waals surface area (Å²) in [5, 5.41) is 0. The predicted octanol–water partition coefficient (Wildman–Crippen LogP) is 3.20. The number of nitrogens with two attached hydrogens (primary N) is 1. The van der Waals surface area contributed by atoms with Crippen LogP contribution in [-0.4, -0.2) is 35.7 Å². The predicted molar refractivity (Wildman–Crippen MR) is 100.0 cm³/mol. The Morgan fingerprint density at radius 2 is 1.79 bits per heavy atom. The zero-order chi connectivity index (χ0) is 16.8. The highest BCUT2D eigenvalue weighted by molar-refractivity contribution is 7.99. The Morgan fingerprint density at radius 1 is 1.12 bits per heavy atom. The van der Waals surface area contributed by atoms with Crippen molar-refractivity contribution in [2.45, 2.75) is 23.8 Å². The van der Waals surface area contributed by atoms with Crippen molar-refractivity contribution in [3.05, 3.63) is 66.2 Å². The van der Waals surface area contributed by atoms with Gasteiger partial charge in [0.05, 0.1) is 6.04 Å². The van der Waals surface area contributed by atoms with Crippen LogP contribution in [0.25, 0.3) is 0 Å². The lowest BCUT2D eigenvalue weighted by molar-refractivity contribution is -0.131. The Balaban J connectivity index is 1.47. The van der Waals surface area contributed by atoms with Crippen LogP contribution in [-0.2, 0) is 11.2 Å². The molecule has 2 atom stereocenters. The summed E-state index contributed by atoms with van der Waals surface area (Å²) in [5.41, 5.74) is 7.26. The molecule has 1 saturated heterocycles. The molecule has 2 aromatic rings. The highest BCUT2D eigenvalue weighted by Crippen LogP contribution is 2.26. The van der Waals surface area contributed by atoms with E-state index in [9.17, 15) is 4.79 Å². The van der Waals surface area contributed by atoms with E-state index in [1.807, 2.05) is 53.1 Å². The number of hydrogen-bond donors (Lipinski definition) is 1. The largest absolute Gasteiger partial charge is 0.341 e. The number of amides is 1. The van der Waals surface area contributed by atoms with Crippen molar-refractivity contribution in [2.75, 3.05) is 18.8 Å². The van der Waals surface area contributed by atoms with E-state index >= 15 is 0 Å². The van der Waals surface area contributed by atoms with E-state index in [4.69, 9.17) is 5.73 Å². The summed E-state index contributed by atoms with van der Waals surface area (Å²) in [6.45, 7) is 1.67. The van der Waals surface area contributed by atoms with E-state index in [1.54, 1.807) is 0 Å². The van der Waals surface area contributed by atoms with Gasteiger partial charge in [0.25, 0.3) is 0 Å². The van der Waals surface area contributed by atoms with Gasteiger partial charge in [0, 0.05) is 23.7 Å². The van der Waals surface area contributed by atoms with Crippen LogP contribution in [0.4, 0.5) is 0 Å². The molecule has 1 amide bonds. The Bertz CT molecular complexity index is 647. The molecular formula is C20H24N2OS. The number of likely N-dealkylation sites (tertiary alicyclic amines) is 1. The van der Waals surface area contributed by atoms with E-state index < -0.39 is 6.04 Å². The molecule has 0 aromatic heterocycles.